The van der Waals surface area contributed by atoms with E-state index in [0.29, 0.717) is 10.8 Å². The smallest absolute Gasteiger partial charge is 0.264 e. The summed E-state index contributed by atoms with van der Waals surface area (Å²) < 4.78 is 27.7. The van der Waals surface area contributed by atoms with Crippen LogP contribution in [0, 0.1) is 12.8 Å². The number of sulfonamides is 1. The Labute approximate surface area is 121 Å². The Hall–Kier alpha value is -1.07. The first-order valence-corrected chi connectivity index (χ1v) is 8.37. The molecule has 2 aliphatic rings. The standard InChI is InChI=1S/C14H14BrNO2S/c1-10-2-6-13(7-3-10)19(17,18)16-9-14(15)11-4-5-12(16)8-11/h2-7,9,11-12H,8H2,1H3. The molecule has 3 rings (SSSR count). The maximum Gasteiger partial charge on any atom is 0.264 e. The lowest BCUT2D eigenvalue weighted by molar-refractivity contribution is 0.408. The third-order valence-corrected chi connectivity index (χ3v) is 6.18. The Kier molecular flexibility index (Phi) is 3.06. The normalized spacial score (nSPS) is 25.6. The van der Waals surface area contributed by atoms with Gasteiger partial charge < -0.3 is 0 Å². The molecule has 0 amide bonds. The summed E-state index contributed by atoms with van der Waals surface area (Å²) in [7, 11) is -3.47. The summed E-state index contributed by atoms with van der Waals surface area (Å²) in [5, 5.41) is 0. The molecular formula is C14H14BrNO2S. The van der Waals surface area contributed by atoms with Gasteiger partial charge in [0.05, 0.1) is 10.9 Å². The van der Waals surface area contributed by atoms with Gasteiger partial charge in [-0.1, -0.05) is 45.8 Å². The van der Waals surface area contributed by atoms with Crippen molar-refractivity contribution in [3.8, 4) is 0 Å². The van der Waals surface area contributed by atoms with Crippen molar-refractivity contribution in [1.29, 1.82) is 0 Å². The van der Waals surface area contributed by atoms with Crippen molar-refractivity contribution in [3.63, 3.8) is 0 Å². The van der Waals surface area contributed by atoms with Gasteiger partial charge in [0, 0.05) is 16.6 Å². The molecule has 2 bridgehead atoms. The number of aryl methyl sites for hydroxylation is 1. The highest BCUT2D eigenvalue weighted by molar-refractivity contribution is 9.11. The van der Waals surface area contributed by atoms with E-state index >= 15 is 0 Å². The number of hydrogen-bond donors (Lipinski definition) is 0. The van der Waals surface area contributed by atoms with Gasteiger partial charge in [0.1, 0.15) is 0 Å². The monoisotopic (exact) mass is 339 g/mol. The summed E-state index contributed by atoms with van der Waals surface area (Å²) in [5.41, 5.74) is 1.05. The summed E-state index contributed by atoms with van der Waals surface area (Å²) in [6, 6.07) is 6.91. The van der Waals surface area contributed by atoms with Gasteiger partial charge in [-0.3, -0.25) is 4.31 Å². The molecule has 1 aliphatic carbocycles. The number of hydrogen-bond acceptors (Lipinski definition) is 2. The second-order valence-electron chi connectivity index (χ2n) is 4.96. The SMILES string of the molecule is Cc1ccc(S(=O)(=O)N2C=C(Br)C3C=CC2C3)cc1. The molecule has 1 aromatic carbocycles. The number of allylic oxidation sites excluding steroid dienone is 2. The summed E-state index contributed by atoms with van der Waals surface area (Å²) in [5.74, 6) is 0.328. The van der Waals surface area contributed by atoms with Crippen LogP contribution >= 0.6 is 15.9 Å². The molecule has 0 N–H and O–H groups in total. The lowest BCUT2D eigenvalue weighted by Crippen LogP contribution is -2.36. The number of fused-ring (bicyclic) bond motifs is 2. The predicted molar refractivity (Wildman–Crippen MR) is 78.2 cm³/mol. The van der Waals surface area contributed by atoms with Crippen molar-refractivity contribution in [2.45, 2.75) is 24.3 Å². The number of halogens is 1. The Balaban J connectivity index is 2.03. The Morgan fingerprint density at radius 3 is 2.58 bits per heavy atom. The van der Waals surface area contributed by atoms with Crippen LogP contribution in [0.25, 0.3) is 0 Å². The fourth-order valence-corrected chi connectivity index (χ4v) is 4.65. The van der Waals surface area contributed by atoms with Gasteiger partial charge in [-0.15, -0.1) is 0 Å². The molecule has 0 saturated carbocycles. The molecule has 3 nitrogen and oxygen atoms in total. The molecule has 5 heteroatoms. The fraction of sp³-hybridized carbons (Fsp3) is 0.286. The zero-order valence-corrected chi connectivity index (χ0v) is 12.9. The first kappa shape index (κ1) is 12.9. The van der Waals surface area contributed by atoms with E-state index in [4.69, 9.17) is 0 Å². The maximum absolute atomic E-state index is 12.7. The van der Waals surface area contributed by atoms with Crippen LogP contribution in [0.5, 0.6) is 0 Å². The largest absolute Gasteiger partial charge is 0.266 e. The fourth-order valence-electron chi connectivity index (χ4n) is 2.47. The summed E-state index contributed by atoms with van der Waals surface area (Å²) in [4.78, 5) is 0.341. The van der Waals surface area contributed by atoms with Crippen LogP contribution in [0.3, 0.4) is 0 Å². The molecule has 0 saturated heterocycles. The third kappa shape index (κ3) is 2.15. The minimum absolute atomic E-state index is 0.0578. The summed E-state index contributed by atoms with van der Waals surface area (Å²) in [6.07, 6.45) is 6.56. The average molecular weight is 340 g/mol. The molecule has 0 radical (unpaired) electrons. The van der Waals surface area contributed by atoms with E-state index in [0.717, 1.165) is 16.5 Å². The van der Waals surface area contributed by atoms with Crippen molar-refractivity contribution in [2.24, 2.45) is 5.92 Å². The average Bonchev–Trinajstić information content (AvgIpc) is 2.79. The molecule has 1 aliphatic heterocycles. The minimum atomic E-state index is -3.47. The van der Waals surface area contributed by atoms with Crippen LogP contribution < -0.4 is 0 Å². The molecule has 0 spiro atoms. The number of nitrogens with zero attached hydrogens (tertiary/aromatic N) is 1. The zero-order chi connectivity index (χ0) is 13.6. The van der Waals surface area contributed by atoms with E-state index in [1.165, 1.54) is 4.31 Å². The molecular weight excluding hydrogens is 326 g/mol. The highest BCUT2D eigenvalue weighted by atomic mass is 79.9. The minimum Gasteiger partial charge on any atom is -0.266 e. The molecule has 19 heavy (non-hydrogen) atoms. The summed E-state index contributed by atoms with van der Waals surface area (Å²) in [6.45, 7) is 1.94. The van der Waals surface area contributed by atoms with Crippen molar-refractivity contribution in [3.05, 3.63) is 52.7 Å². The highest BCUT2D eigenvalue weighted by Crippen LogP contribution is 2.39. The van der Waals surface area contributed by atoms with Gasteiger partial charge >= 0.3 is 0 Å². The molecule has 0 fully saturated rings. The first-order chi connectivity index (χ1) is 8.98. The van der Waals surface area contributed by atoms with E-state index < -0.39 is 10.0 Å². The van der Waals surface area contributed by atoms with Crippen LogP contribution in [0.15, 0.2) is 52.0 Å². The topological polar surface area (TPSA) is 37.4 Å². The van der Waals surface area contributed by atoms with Crippen molar-refractivity contribution in [1.82, 2.24) is 4.31 Å². The highest BCUT2D eigenvalue weighted by Gasteiger charge is 2.36. The molecule has 1 aromatic rings. The van der Waals surface area contributed by atoms with E-state index in [9.17, 15) is 8.42 Å². The maximum atomic E-state index is 12.7. The molecule has 2 atom stereocenters. The zero-order valence-electron chi connectivity index (χ0n) is 10.5. The summed E-state index contributed by atoms with van der Waals surface area (Å²) >= 11 is 3.46. The molecule has 1 heterocycles. The second-order valence-corrected chi connectivity index (χ2v) is 7.72. The van der Waals surface area contributed by atoms with E-state index in [-0.39, 0.29) is 6.04 Å². The van der Waals surface area contributed by atoms with Crippen LogP contribution in [0.1, 0.15) is 12.0 Å². The Morgan fingerprint density at radius 1 is 1.21 bits per heavy atom. The van der Waals surface area contributed by atoms with E-state index in [1.54, 1.807) is 18.3 Å². The van der Waals surface area contributed by atoms with E-state index in [2.05, 4.69) is 22.0 Å². The van der Waals surface area contributed by atoms with Crippen molar-refractivity contribution < 1.29 is 8.42 Å². The number of rotatable bonds is 2. The van der Waals surface area contributed by atoms with Crippen LogP contribution in [0.4, 0.5) is 0 Å². The van der Waals surface area contributed by atoms with Crippen LogP contribution in [-0.4, -0.2) is 18.8 Å². The Bertz CT molecular complexity index is 661. The molecule has 100 valence electrons. The van der Waals surface area contributed by atoms with Gasteiger partial charge in [0.15, 0.2) is 0 Å². The van der Waals surface area contributed by atoms with Crippen LogP contribution in [0.2, 0.25) is 0 Å². The van der Waals surface area contributed by atoms with Gasteiger partial charge in [-0.05, 0) is 25.5 Å². The van der Waals surface area contributed by atoms with Gasteiger partial charge in [0.2, 0.25) is 0 Å². The van der Waals surface area contributed by atoms with Gasteiger partial charge in [-0.25, -0.2) is 8.42 Å². The molecule has 0 aromatic heterocycles. The first-order valence-electron chi connectivity index (χ1n) is 6.14. The van der Waals surface area contributed by atoms with Crippen LogP contribution in [-0.2, 0) is 10.0 Å². The van der Waals surface area contributed by atoms with Crippen molar-refractivity contribution >= 4 is 26.0 Å². The van der Waals surface area contributed by atoms with Gasteiger partial charge in [0.25, 0.3) is 10.0 Å². The van der Waals surface area contributed by atoms with Gasteiger partial charge in [-0.2, -0.15) is 0 Å². The Morgan fingerprint density at radius 2 is 1.89 bits per heavy atom. The lowest BCUT2D eigenvalue weighted by atomic mass is 10.1. The van der Waals surface area contributed by atoms with E-state index in [1.807, 2.05) is 25.1 Å². The van der Waals surface area contributed by atoms with Crippen molar-refractivity contribution in [2.75, 3.05) is 0 Å². The molecule has 2 unspecified atom stereocenters. The number of benzene rings is 1. The quantitative estimate of drug-likeness (QED) is 0.776. The second kappa shape index (κ2) is 4.49. The third-order valence-electron chi connectivity index (χ3n) is 3.59. The lowest BCUT2D eigenvalue weighted by Gasteiger charge is -2.31. The predicted octanol–water partition coefficient (Wildman–Crippen LogP) is 3.18.